The topological polar surface area (TPSA) is 83.2 Å². The molecule has 0 saturated carbocycles. The fourth-order valence-corrected chi connectivity index (χ4v) is 5.21. The van der Waals surface area contributed by atoms with Crippen LogP contribution in [0.1, 0.15) is 31.6 Å². The molecular formula is C20H26F3N7S. The Morgan fingerprint density at radius 1 is 1.23 bits per heavy atom. The van der Waals surface area contributed by atoms with Gasteiger partial charge in [-0.1, -0.05) is 20.3 Å². The van der Waals surface area contributed by atoms with Crippen molar-refractivity contribution in [2.45, 2.75) is 39.3 Å². The van der Waals surface area contributed by atoms with E-state index in [2.05, 4.69) is 24.8 Å². The number of amidine groups is 2. The first-order chi connectivity index (χ1) is 14.7. The standard InChI is InChI=1S/C20H26F3N7S/c1-3-4-13-9-14-16(26-19(27-17(14)31-13)29-6-5-12(2)10-29)28-7-8-30(15(24)11-28)18(25)20(21,22)23/h9,12,24-25H,3-8,10-11H2,1-2H3. The van der Waals surface area contributed by atoms with Gasteiger partial charge in [-0.15, -0.1) is 11.3 Å². The lowest BCUT2D eigenvalue weighted by molar-refractivity contribution is -0.0671. The second-order valence-electron chi connectivity index (χ2n) is 8.23. The van der Waals surface area contributed by atoms with E-state index in [1.54, 1.807) is 11.3 Å². The number of fused-ring (bicyclic) bond motifs is 1. The van der Waals surface area contributed by atoms with Gasteiger partial charge in [0.1, 0.15) is 16.5 Å². The summed E-state index contributed by atoms with van der Waals surface area (Å²) in [4.78, 5) is 16.4. The largest absolute Gasteiger partial charge is 0.449 e. The fourth-order valence-electron chi connectivity index (χ4n) is 4.10. The van der Waals surface area contributed by atoms with E-state index < -0.39 is 12.0 Å². The Kier molecular flexibility index (Phi) is 5.80. The Labute approximate surface area is 182 Å². The average Bonchev–Trinajstić information content (AvgIpc) is 3.31. The second kappa shape index (κ2) is 8.25. The molecule has 2 aliphatic heterocycles. The molecule has 168 valence electrons. The summed E-state index contributed by atoms with van der Waals surface area (Å²) in [7, 11) is 0. The van der Waals surface area contributed by atoms with Crippen molar-refractivity contribution in [2.75, 3.05) is 42.5 Å². The first kappa shape index (κ1) is 21.8. The summed E-state index contributed by atoms with van der Waals surface area (Å²) in [5.41, 5.74) is 0. The van der Waals surface area contributed by atoms with Gasteiger partial charge in [-0.05, 0) is 24.8 Å². The van der Waals surface area contributed by atoms with E-state index in [0.29, 0.717) is 17.7 Å². The van der Waals surface area contributed by atoms with Crippen molar-refractivity contribution in [3.8, 4) is 0 Å². The molecule has 0 aromatic carbocycles. The number of hydrogen-bond donors (Lipinski definition) is 2. The van der Waals surface area contributed by atoms with Crippen LogP contribution in [0.15, 0.2) is 6.07 Å². The van der Waals surface area contributed by atoms with Gasteiger partial charge in [0.15, 0.2) is 0 Å². The zero-order valence-corrected chi connectivity index (χ0v) is 18.4. The van der Waals surface area contributed by atoms with Crippen molar-refractivity contribution in [3.63, 3.8) is 0 Å². The van der Waals surface area contributed by atoms with Crippen LogP contribution in [0.2, 0.25) is 0 Å². The predicted octanol–water partition coefficient (Wildman–Crippen LogP) is 4.13. The molecule has 2 aromatic heterocycles. The lowest BCUT2D eigenvalue weighted by Crippen LogP contribution is -2.55. The van der Waals surface area contributed by atoms with Gasteiger partial charge in [-0.25, -0.2) is 4.98 Å². The zero-order valence-electron chi connectivity index (χ0n) is 17.6. The first-order valence-electron chi connectivity index (χ1n) is 10.5. The smallest absolute Gasteiger partial charge is 0.347 e. The highest BCUT2D eigenvalue weighted by Crippen LogP contribution is 2.35. The van der Waals surface area contributed by atoms with E-state index in [-0.39, 0.29) is 25.5 Å². The predicted molar refractivity (Wildman–Crippen MR) is 118 cm³/mol. The van der Waals surface area contributed by atoms with Gasteiger partial charge in [-0.2, -0.15) is 18.2 Å². The summed E-state index contributed by atoms with van der Waals surface area (Å²) in [5.74, 6) is 0.139. The molecule has 7 nitrogen and oxygen atoms in total. The van der Waals surface area contributed by atoms with Crippen molar-refractivity contribution in [1.82, 2.24) is 14.9 Å². The average molecular weight is 454 g/mol. The molecule has 2 saturated heterocycles. The van der Waals surface area contributed by atoms with Crippen LogP contribution in [0.3, 0.4) is 0 Å². The van der Waals surface area contributed by atoms with Gasteiger partial charge >= 0.3 is 6.18 Å². The molecule has 1 atom stereocenters. The van der Waals surface area contributed by atoms with E-state index in [1.165, 1.54) is 4.88 Å². The molecule has 2 aromatic rings. The quantitative estimate of drug-likeness (QED) is 0.537. The van der Waals surface area contributed by atoms with E-state index in [0.717, 1.165) is 47.5 Å². The molecule has 0 amide bonds. The number of nitrogens with zero attached hydrogens (tertiary/aromatic N) is 5. The number of aromatic nitrogens is 2. The summed E-state index contributed by atoms with van der Waals surface area (Å²) in [5, 5.41) is 16.4. The van der Waals surface area contributed by atoms with E-state index in [4.69, 9.17) is 20.8 Å². The highest BCUT2D eigenvalue weighted by molar-refractivity contribution is 7.18. The maximum Gasteiger partial charge on any atom is 0.449 e. The lowest BCUT2D eigenvalue weighted by atomic mass is 10.2. The number of nitrogens with one attached hydrogen (secondary N) is 2. The molecule has 0 radical (unpaired) electrons. The number of halogens is 3. The van der Waals surface area contributed by atoms with Gasteiger partial charge < -0.3 is 14.7 Å². The fraction of sp³-hybridized carbons (Fsp3) is 0.600. The summed E-state index contributed by atoms with van der Waals surface area (Å²) in [6.45, 7) is 6.21. The molecule has 2 fully saturated rings. The number of thiophene rings is 1. The third kappa shape index (κ3) is 4.32. The first-order valence-corrected chi connectivity index (χ1v) is 11.3. The van der Waals surface area contributed by atoms with Gasteiger partial charge in [0.25, 0.3) is 0 Å². The minimum absolute atomic E-state index is 0.0284. The van der Waals surface area contributed by atoms with Gasteiger partial charge in [-0.3, -0.25) is 10.8 Å². The van der Waals surface area contributed by atoms with Crippen molar-refractivity contribution < 1.29 is 13.2 Å². The van der Waals surface area contributed by atoms with Crippen LogP contribution in [0, 0.1) is 16.7 Å². The van der Waals surface area contributed by atoms with Crippen LogP contribution < -0.4 is 9.80 Å². The Morgan fingerprint density at radius 3 is 2.61 bits per heavy atom. The van der Waals surface area contributed by atoms with Crippen LogP contribution >= 0.6 is 11.3 Å². The van der Waals surface area contributed by atoms with E-state index in [1.807, 2.05) is 4.90 Å². The molecule has 4 rings (SSSR count). The van der Waals surface area contributed by atoms with E-state index >= 15 is 0 Å². The Bertz CT molecular complexity index is 1000. The van der Waals surface area contributed by atoms with Crippen LogP contribution in [-0.2, 0) is 6.42 Å². The molecule has 4 heterocycles. The molecule has 0 bridgehead atoms. The van der Waals surface area contributed by atoms with Gasteiger partial charge in [0, 0.05) is 31.1 Å². The number of aryl methyl sites for hydroxylation is 1. The molecule has 11 heteroatoms. The van der Waals surface area contributed by atoms with Gasteiger partial charge in [0.05, 0.1) is 11.9 Å². The molecule has 0 aliphatic carbocycles. The van der Waals surface area contributed by atoms with Crippen molar-refractivity contribution in [2.24, 2.45) is 5.92 Å². The van der Waals surface area contributed by atoms with Gasteiger partial charge in [0.2, 0.25) is 11.8 Å². The monoisotopic (exact) mass is 453 g/mol. The van der Waals surface area contributed by atoms with Crippen LogP contribution in [0.5, 0.6) is 0 Å². The number of anilines is 2. The molecule has 31 heavy (non-hydrogen) atoms. The molecule has 2 N–H and O–H groups in total. The van der Waals surface area contributed by atoms with Crippen LogP contribution in [0.25, 0.3) is 10.2 Å². The van der Waals surface area contributed by atoms with E-state index in [9.17, 15) is 13.2 Å². The van der Waals surface area contributed by atoms with Crippen molar-refractivity contribution in [1.29, 1.82) is 10.8 Å². The third-order valence-corrected chi connectivity index (χ3v) is 6.80. The van der Waals surface area contributed by atoms with Crippen molar-refractivity contribution in [3.05, 3.63) is 10.9 Å². The number of alkyl halides is 3. The Hall–Kier alpha value is -2.43. The number of rotatable bonds is 4. The highest BCUT2D eigenvalue weighted by atomic mass is 32.1. The summed E-state index contributed by atoms with van der Waals surface area (Å²) in [6, 6.07) is 2.07. The Morgan fingerprint density at radius 2 is 2.00 bits per heavy atom. The summed E-state index contributed by atoms with van der Waals surface area (Å²) < 4.78 is 38.9. The number of hydrogen-bond acceptors (Lipinski definition) is 7. The van der Waals surface area contributed by atoms with Crippen molar-refractivity contribution >= 4 is 45.0 Å². The minimum Gasteiger partial charge on any atom is -0.347 e. The molecule has 0 spiro atoms. The van der Waals surface area contributed by atoms with Crippen LogP contribution in [-0.4, -0.2) is 65.4 Å². The minimum atomic E-state index is -4.77. The maximum atomic E-state index is 13.0. The summed E-state index contributed by atoms with van der Waals surface area (Å²) >= 11 is 1.63. The Balaban J connectivity index is 1.67. The lowest BCUT2D eigenvalue weighted by Gasteiger charge is -2.37. The molecular weight excluding hydrogens is 427 g/mol. The molecule has 2 aliphatic rings. The highest BCUT2D eigenvalue weighted by Gasteiger charge is 2.41. The zero-order chi connectivity index (χ0) is 22.3. The second-order valence-corrected chi connectivity index (χ2v) is 9.35. The normalized spacial score (nSPS) is 20.2. The maximum absolute atomic E-state index is 13.0. The summed E-state index contributed by atoms with van der Waals surface area (Å²) in [6.07, 6.45) is -1.75. The number of piperazine rings is 1. The SMILES string of the molecule is CCCc1cc2c(N3CCN(C(=N)C(F)(F)F)C(=N)C3)nc(N3CCC(C)C3)nc2s1. The molecule has 1 unspecified atom stereocenters. The van der Waals surface area contributed by atoms with Crippen LogP contribution in [0.4, 0.5) is 24.9 Å². The third-order valence-electron chi connectivity index (χ3n) is 5.71.